The van der Waals surface area contributed by atoms with Crippen LogP contribution in [0.4, 0.5) is 26.3 Å². The molecule has 0 aromatic rings. The second-order valence-electron chi connectivity index (χ2n) is 5.75. The fourth-order valence-corrected chi connectivity index (χ4v) is 3.30. The number of halogens is 6. The van der Waals surface area contributed by atoms with E-state index in [-0.39, 0.29) is 18.3 Å². The van der Waals surface area contributed by atoms with Crippen molar-refractivity contribution in [2.75, 3.05) is 6.61 Å². The number of hydrogen-bond donors (Lipinski definition) is 1. The molecule has 2 bridgehead atoms. The van der Waals surface area contributed by atoms with Crippen LogP contribution in [0.25, 0.3) is 0 Å². The van der Waals surface area contributed by atoms with Gasteiger partial charge in [-0.05, 0) is 37.0 Å². The molecule has 2 aliphatic rings. The predicted octanol–water partition coefficient (Wildman–Crippen LogP) is 3.55. The maximum Gasteiger partial charge on any atom is 0.426 e. The molecule has 0 radical (unpaired) electrons. The molecule has 0 amide bonds. The van der Waals surface area contributed by atoms with Gasteiger partial charge in [-0.25, -0.2) is 4.79 Å². The first-order chi connectivity index (χ1) is 9.96. The summed E-state index contributed by atoms with van der Waals surface area (Å²) in [4.78, 5) is 10.4. The molecule has 22 heavy (non-hydrogen) atoms. The van der Waals surface area contributed by atoms with Gasteiger partial charge in [0, 0.05) is 0 Å². The van der Waals surface area contributed by atoms with E-state index in [1.807, 2.05) is 0 Å². The van der Waals surface area contributed by atoms with E-state index in [1.165, 1.54) is 0 Å². The summed E-state index contributed by atoms with van der Waals surface area (Å²) < 4.78 is 82.9. The largest absolute Gasteiger partial charge is 0.480 e. The first kappa shape index (κ1) is 17.1. The van der Waals surface area contributed by atoms with Crippen molar-refractivity contribution in [3.63, 3.8) is 0 Å². The molecule has 0 aromatic heterocycles. The third-order valence-corrected chi connectivity index (χ3v) is 4.32. The van der Waals surface area contributed by atoms with Gasteiger partial charge in [0.05, 0.1) is 0 Å². The van der Waals surface area contributed by atoms with E-state index in [1.54, 1.807) is 12.2 Å². The van der Waals surface area contributed by atoms with Gasteiger partial charge in [-0.2, -0.15) is 26.3 Å². The lowest BCUT2D eigenvalue weighted by atomic mass is 9.81. The summed E-state index contributed by atoms with van der Waals surface area (Å²) in [7, 11) is 0. The van der Waals surface area contributed by atoms with E-state index in [0.29, 0.717) is 6.42 Å². The average Bonchev–Trinajstić information content (AvgIpc) is 2.92. The van der Waals surface area contributed by atoms with Crippen molar-refractivity contribution in [1.29, 1.82) is 0 Å². The van der Waals surface area contributed by atoms with Gasteiger partial charge in [-0.3, -0.25) is 0 Å². The Balaban J connectivity index is 2.30. The number of ether oxygens (including phenoxy) is 1. The van der Waals surface area contributed by atoms with Gasteiger partial charge in [-0.1, -0.05) is 12.2 Å². The van der Waals surface area contributed by atoms with Crippen molar-refractivity contribution < 1.29 is 41.0 Å². The minimum atomic E-state index is -5.74. The molecule has 0 aliphatic heterocycles. The maximum atomic E-state index is 13.2. The summed E-state index contributed by atoms with van der Waals surface area (Å²) in [6.45, 7) is -1.66. The summed E-state index contributed by atoms with van der Waals surface area (Å²) in [5.41, 5.74) is -4.44. The topological polar surface area (TPSA) is 46.5 Å². The Morgan fingerprint density at radius 3 is 2.05 bits per heavy atom. The Kier molecular flexibility index (Phi) is 4.23. The smallest absolute Gasteiger partial charge is 0.426 e. The molecule has 0 saturated heterocycles. The third kappa shape index (κ3) is 2.95. The van der Waals surface area contributed by atoms with Gasteiger partial charge in [0.25, 0.3) is 5.60 Å². The highest BCUT2D eigenvalue weighted by molar-refractivity contribution is 5.68. The second-order valence-corrected chi connectivity index (χ2v) is 5.75. The zero-order valence-corrected chi connectivity index (χ0v) is 11.2. The first-order valence-corrected chi connectivity index (χ1v) is 6.64. The molecule has 9 heteroatoms. The van der Waals surface area contributed by atoms with Gasteiger partial charge in [0.15, 0.2) is 0 Å². The van der Waals surface area contributed by atoms with Crippen molar-refractivity contribution >= 4 is 5.97 Å². The van der Waals surface area contributed by atoms with Crippen molar-refractivity contribution in [3.8, 4) is 0 Å². The number of carbonyl (C=O) groups is 1. The minimum absolute atomic E-state index is 0.00589. The van der Waals surface area contributed by atoms with Crippen LogP contribution in [0.5, 0.6) is 0 Å². The molecular formula is C13H14F6O3. The Morgan fingerprint density at radius 1 is 1.09 bits per heavy atom. The number of carboxylic acids is 1. The molecule has 3 nitrogen and oxygen atoms in total. The van der Waals surface area contributed by atoms with Crippen molar-refractivity contribution in [1.82, 2.24) is 0 Å². The van der Waals surface area contributed by atoms with Crippen LogP contribution in [0.2, 0.25) is 0 Å². The third-order valence-electron chi connectivity index (χ3n) is 4.32. The Labute approximate surface area is 121 Å². The van der Waals surface area contributed by atoms with Crippen LogP contribution in [-0.2, 0) is 9.53 Å². The lowest BCUT2D eigenvalue weighted by Crippen LogP contribution is -2.60. The Morgan fingerprint density at radius 2 is 1.68 bits per heavy atom. The van der Waals surface area contributed by atoms with Crippen LogP contribution in [0.1, 0.15) is 19.3 Å². The molecule has 0 aromatic carbocycles. The van der Waals surface area contributed by atoms with Gasteiger partial charge >= 0.3 is 18.3 Å². The monoisotopic (exact) mass is 332 g/mol. The quantitative estimate of drug-likeness (QED) is 0.619. The van der Waals surface area contributed by atoms with Crippen molar-refractivity contribution in [2.45, 2.75) is 37.2 Å². The van der Waals surface area contributed by atoms with Crippen LogP contribution < -0.4 is 0 Å². The van der Waals surface area contributed by atoms with Crippen LogP contribution in [0.15, 0.2) is 12.2 Å². The molecule has 3 atom stereocenters. The maximum absolute atomic E-state index is 13.2. The van der Waals surface area contributed by atoms with Gasteiger partial charge in [0.2, 0.25) is 0 Å². The molecule has 1 saturated carbocycles. The lowest BCUT2D eigenvalue weighted by molar-refractivity contribution is -0.384. The normalized spacial score (nSPS) is 28.4. The average molecular weight is 332 g/mol. The number of carboxylic acid groups (broad SMARTS) is 1. The SMILES string of the molecule is O=C(O)COC(CC1CC2C=CC1C2)(C(F)(F)F)C(F)(F)F. The van der Waals surface area contributed by atoms with E-state index >= 15 is 0 Å². The molecule has 0 heterocycles. The Hall–Kier alpha value is -1.25. The number of aliphatic carboxylic acids is 1. The summed E-state index contributed by atoms with van der Waals surface area (Å²) in [6.07, 6.45) is -8.60. The fraction of sp³-hybridized carbons (Fsp3) is 0.769. The first-order valence-electron chi connectivity index (χ1n) is 6.64. The van der Waals surface area contributed by atoms with Gasteiger partial charge in [-0.15, -0.1) is 0 Å². The van der Waals surface area contributed by atoms with E-state index in [2.05, 4.69) is 4.74 Å². The minimum Gasteiger partial charge on any atom is -0.480 e. The van der Waals surface area contributed by atoms with Gasteiger partial charge < -0.3 is 9.84 Å². The molecule has 2 rings (SSSR count). The van der Waals surface area contributed by atoms with E-state index in [4.69, 9.17) is 5.11 Å². The molecule has 2 aliphatic carbocycles. The highest BCUT2D eigenvalue weighted by Gasteiger charge is 2.73. The number of fused-ring (bicyclic) bond motifs is 2. The van der Waals surface area contributed by atoms with Crippen LogP contribution >= 0.6 is 0 Å². The summed E-state index contributed by atoms with van der Waals surface area (Å²) in [6, 6.07) is 0. The fourth-order valence-electron chi connectivity index (χ4n) is 3.30. The second kappa shape index (κ2) is 5.43. The lowest BCUT2D eigenvalue weighted by Gasteiger charge is -2.39. The highest BCUT2D eigenvalue weighted by Crippen LogP contribution is 2.54. The standard InChI is InChI=1S/C13H14F6O3/c14-12(15,16)11(13(17,18)19,22-6-10(20)21)5-9-4-7-1-2-8(9)3-7/h1-2,7-9H,3-6H2,(H,20,21). The van der Waals surface area contributed by atoms with Crippen molar-refractivity contribution in [2.24, 2.45) is 17.8 Å². The molecule has 1 N–H and O–H groups in total. The predicted molar refractivity (Wildman–Crippen MR) is 61.9 cm³/mol. The number of rotatable bonds is 5. The van der Waals surface area contributed by atoms with Crippen LogP contribution in [0.3, 0.4) is 0 Å². The zero-order chi connectivity index (χ0) is 16.8. The highest BCUT2D eigenvalue weighted by atomic mass is 19.4. The molecular weight excluding hydrogens is 318 g/mol. The number of hydrogen-bond acceptors (Lipinski definition) is 2. The zero-order valence-electron chi connectivity index (χ0n) is 11.2. The summed E-state index contributed by atoms with van der Waals surface area (Å²) in [5, 5.41) is 8.40. The van der Waals surface area contributed by atoms with Crippen LogP contribution in [0, 0.1) is 17.8 Å². The molecule has 0 spiro atoms. The summed E-state index contributed by atoms with van der Waals surface area (Å²) in [5.74, 6) is -3.06. The Bertz CT molecular complexity index is 453. The molecule has 1 fully saturated rings. The van der Waals surface area contributed by atoms with E-state index in [0.717, 1.165) is 0 Å². The summed E-state index contributed by atoms with van der Waals surface area (Å²) >= 11 is 0. The number of alkyl halides is 6. The van der Waals surface area contributed by atoms with Crippen LogP contribution in [-0.4, -0.2) is 35.6 Å². The molecule has 3 unspecified atom stereocenters. The molecule has 126 valence electrons. The number of allylic oxidation sites excluding steroid dienone is 2. The van der Waals surface area contributed by atoms with E-state index < -0.39 is 42.9 Å². The van der Waals surface area contributed by atoms with Crippen molar-refractivity contribution in [3.05, 3.63) is 12.2 Å². The van der Waals surface area contributed by atoms with E-state index in [9.17, 15) is 31.1 Å². The van der Waals surface area contributed by atoms with Gasteiger partial charge in [0.1, 0.15) is 6.61 Å².